The molecular formula is C13H14ClNO3. The molecule has 0 aromatic heterocycles. The molecule has 0 amide bonds. The first kappa shape index (κ1) is 14.3. The van der Waals surface area contributed by atoms with Crippen LogP contribution in [0.15, 0.2) is 30.5 Å². The molecule has 4 nitrogen and oxygen atoms in total. The minimum Gasteiger partial charge on any atom is -0.465 e. The third kappa shape index (κ3) is 3.60. The zero-order chi connectivity index (χ0) is 13.7. The smallest absolute Gasteiger partial charge is 0.339 e. The summed E-state index contributed by atoms with van der Waals surface area (Å²) in [6, 6.07) is 4.47. The second-order valence-electron chi connectivity index (χ2n) is 3.83. The molecule has 0 saturated carbocycles. The molecule has 96 valence electrons. The number of methoxy groups -OCH3 is 1. The molecule has 0 bridgehead atoms. The van der Waals surface area contributed by atoms with Gasteiger partial charge in [0, 0.05) is 31.9 Å². The number of allylic oxidation sites excluding steroid dienone is 1. The summed E-state index contributed by atoms with van der Waals surface area (Å²) in [5.41, 5.74) is 0.665. The van der Waals surface area contributed by atoms with Gasteiger partial charge in [0.2, 0.25) is 0 Å². The van der Waals surface area contributed by atoms with E-state index in [1.807, 2.05) is 14.1 Å². The molecule has 1 aromatic rings. The first-order valence-corrected chi connectivity index (χ1v) is 5.60. The molecule has 18 heavy (non-hydrogen) atoms. The second kappa shape index (κ2) is 6.21. The monoisotopic (exact) mass is 267 g/mol. The first-order chi connectivity index (χ1) is 8.45. The van der Waals surface area contributed by atoms with E-state index in [0.717, 1.165) is 0 Å². The molecule has 0 atom stereocenters. The maximum atomic E-state index is 11.8. The van der Waals surface area contributed by atoms with Gasteiger partial charge in [-0.3, -0.25) is 4.79 Å². The Labute approximate surface area is 111 Å². The van der Waals surface area contributed by atoms with Gasteiger partial charge in [0.25, 0.3) is 0 Å². The standard InChI is InChI=1S/C13H14ClNO3/c1-15(2)7-6-12(16)9-4-5-10(11(14)8-9)13(17)18-3/h4-8H,1-3H3/b7-6+. The minimum atomic E-state index is -0.525. The molecule has 0 spiro atoms. The Morgan fingerprint density at radius 3 is 2.50 bits per heavy atom. The highest BCUT2D eigenvalue weighted by molar-refractivity contribution is 6.34. The van der Waals surface area contributed by atoms with E-state index in [1.54, 1.807) is 17.2 Å². The van der Waals surface area contributed by atoms with Gasteiger partial charge in [-0.2, -0.15) is 0 Å². The van der Waals surface area contributed by atoms with Gasteiger partial charge in [0.15, 0.2) is 5.78 Å². The summed E-state index contributed by atoms with van der Waals surface area (Å²) in [5.74, 6) is -0.704. The van der Waals surface area contributed by atoms with Crippen LogP contribution in [0.2, 0.25) is 5.02 Å². The number of hydrogen-bond donors (Lipinski definition) is 0. The van der Waals surface area contributed by atoms with Crippen molar-refractivity contribution in [3.05, 3.63) is 46.6 Å². The van der Waals surface area contributed by atoms with Crippen LogP contribution in [0.5, 0.6) is 0 Å². The number of ketones is 1. The van der Waals surface area contributed by atoms with Crippen LogP contribution in [-0.2, 0) is 4.74 Å². The predicted molar refractivity (Wildman–Crippen MR) is 69.9 cm³/mol. The van der Waals surface area contributed by atoms with Gasteiger partial charge in [0.05, 0.1) is 17.7 Å². The van der Waals surface area contributed by atoms with E-state index in [4.69, 9.17) is 11.6 Å². The summed E-state index contributed by atoms with van der Waals surface area (Å²) < 4.78 is 4.57. The zero-order valence-electron chi connectivity index (χ0n) is 10.4. The van der Waals surface area contributed by atoms with E-state index in [9.17, 15) is 9.59 Å². The lowest BCUT2D eigenvalue weighted by atomic mass is 10.1. The number of halogens is 1. The van der Waals surface area contributed by atoms with E-state index < -0.39 is 5.97 Å². The van der Waals surface area contributed by atoms with Crippen molar-refractivity contribution in [3.8, 4) is 0 Å². The summed E-state index contributed by atoms with van der Waals surface area (Å²) in [4.78, 5) is 24.8. The van der Waals surface area contributed by atoms with Crippen molar-refractivity contribution in [3.63, 3.8) is 0 Å². The van der Waals surface area contributed by atoms with Crippen molar-refractivity contribution in [2.75, 3.05) is 21.2 Å². The summed E-state index contributed by atoms with van der Waals surface area (Å²) in [5, 5.41) is 0.200. The average molecular weight is 268 g/mol. The maximum Gasteiger partial charge on any atom is 0.339 e. The van der Waals surface area contributed by atoms with Crippen LogP contribution in [-0.4, -0.2) is 37.9 Å². The topological polar surface area (TPSA) is 46.6 Å². The van der Waals surface area contributed by atoms with Crippen LogP contribution >= 0.6 is 11.6 Å². The van der Waals surface area contributed by atoms with Crippen molar-refractivity contribution in [1.82, 2.24) is 4.90 Å². The largest absolute Gasteiger partial charge is 0.465 e. The molecule has 1 aromatic carbocycles. The van der Waals surface area contributed by atoms with Gasteiger partial charge < -0.3 is 9.64 Å². The number of carbonyl (C=O) groups excluding carboxylic acids is 2. The van der Waals surface area contributed by atoms with Crippen molar-refractivity contribution >= 4 is 23.4 Å². The Morgan fingerprint density at radius 2 is 2.00 bits per heavy atom. The van der Waals surface area contributed by atoms with Crippen LogP contribution in [0, 0.1) is 0 Å². The van der Waals surface area contributed by atoms with Gasteiger partial charge in [0.1, 0.15) is 0 Å². The van der Waals surface area contributed by atoms with Crippen LogP contribution in [0.3, 0.4) is 0 Å². The Hall–Kier alpha value is -1.81. The first-order valence-electron chi connectivity index (χ1n) is 5.22. The third-order valence-corrected chi connectivity index (χ3v) is 2.50. The number of carbonyl (C=O) groups is 2. The summed E-state index contributed by atoms with van der Waals surface area (Å²) in [7, 11) is 4.91. The molecule has 0 aliphatic carbocycles. The molecule has 0 fully saturated rings. The van der Waals surface area contributed by atoms with Crippen LogP contribution in [0.25, 0.3) is 0 Å². The molecule has 0 heterocycles. The highest BCUT2D eigenvalue weighted by Gasteiger charge is 2.12. The van der Waals surface area contributed by atoms with E-state index in [2.05, 4.69) is 4.74 Å². The Kier molecular flexibility index (Phi) is 4.92. The highest BCUT2D eigenvalue weighted by atomic mass is 35.5. The number of ether oxygens (including phenoxy) is 1. The van der Waals surface area contributed by atoms with Crippen LogP contribution in [0.1, 0.15) is 20.7 Å². The summed E-state index contributed by atoms with van der Waals surface area (Å²) in [6.45, 7) is 0. The maximum absolute atomic E-state index is 11.8. The number of benzene rings is 1. The van der Waals surface area contributed by atoms with E-state index in [-0.39, 0.29) is 16.4 Å². The molecule has 0 N–H and O–H groups in total. The quantitative estimate of drug-likeness (QED) is 0.477. The molecule has 0 aliphatic heterocycles. The Balaban J connectivity index is 2.97. The lowest BCUT2D eigenvalue weighted by molar-refractivity contribution is 0.0600. The molecule has 5 heteroatoms. The molecule has 0 aliphatic rings. The normalized spacial score (nSPS) is 10.4. The van der Waals surface area contributed by atoms with Crippen LogP contribution < -0.4 is 0 Å². The fourth-order valence-electron chi connectivity index (χ4n) is 1.26. The molecule has 1 rings (SSSR count). The fourth-order valence-corrected chi connectivity index (χ4v) is 1.51. The van der Waals surface area contributed by atoms with Gasteiger partial charge in [-0.05, 0) is 12.1 Å². The number of nitrogens with zero attached hydrogens (tertiary/aromatic N) is 1. The van der Waals surface area contributed by atoms with Gasteiger partial charge in [-0.1, -0.05) is 17.7 Å². The second-order valence-corrected chi connectivity index (χ2v) is 4.24. The minimum absolute atomic E-state index is 0.179. The molecule has 0 unspecified atom stereocenters. The average Bonchev–Trinajstić information content (AvgIpc) is 2.34. The van der Waals surface area contributed by atoms with Crippen LogP contribution in [0.4, 0.5) is 0 Å². The predicted octanol–water partition coefficient (Wildman–Crippen LogP) is 2.38. The summed E-state index contributed by atoms with van der Waals surface area (Å²) >= 11 is 5.92. The van der Waals surface area contributed by atoms with Crippen molar-refractivity contribution < 1.29 is 14.3 Å². The fraction of sp³-hybridized carbons (Fsp3) is 0.231. The van der Waals surface area contributed by atoms with Gasteiger partial charge >= 0.3 is 5.97 Å². The highest BCUT2D eigenvalue weighted by Crippen LogP contribution is 2.19. The van der Waals surface area contributed by atoms with E-state index in [1.165, 1.54) is 25.3 Å². The Morgan fingerprint density at radius 1 is 1.33 bits per heavy atom. The lowest BCUT2D eigenvalue weighted by Gasteiger charge is -2.05. The molecular weight excluding hydrogens is 254 g/mol. The van der Waals surface area contributed by atoms with E-state index in [0.29, 0.717) is 5.56 Å². The molecule has 0 radical (unpaired) electrons. The number of rotatable bonds is 4. The number of hydrogen-bond acceptors (Lipinski definition) is 4. The van der Waals surface area contributed by atoms with Crippen molar-refractivity contribution in [2.45, 2.75) is 0 Å². The third-order valence-electron chi connectivity index (χ3n) is 2.18. The summed E-state index contributed by atoms with van der Waals surface area (Å²) in [6.07, 6.45) is 3.08. The SMILES string of the molecule is COC(=O)c1ccc(C(=O)/C=C/N(C)C)cc1Cl. The number of esters is 1. The van der Waals surface area contributed by atoms with Gasteiger partial charge in [-0.25, -0.2) is 4.79 Å². The Bertz CT molecular complexity index is 495. The zero-order valence-corrected chi connectivity index (χ0v) is 11.2. The van der Waals surface area contributed by atoms with E-state index >= 15 is 0 Å². The van der Waals surface area contributed by atoms with Crippen molar-refractivity contribution in [1.29, 1.82) is 0 Å². The molecule has 0 saturated heterocycles. The van der Waals surface area contributed by atoms with Crippen molar-refractivity contribution in [2.24, 2.45) is 0 Å². The van der Waals surface area contributed by atoms with Gasteiger partial charge in [-0.15, -0.1) is 0 Å². The lowest BCUT2D eigenvalue weighted by Crippen LogP contribution is -2.05.